The van der Waals surface area contributed by atoms with Crippen LogP contribution in [0.25, 0.3) is 0 Å². The molecule has 1 aliphatic heterocycles. The second kappa shape index (κ2) is 12.0. The fourth-order valence-electron chi connectivity index (χ4n) is 4.10. The van der Waals surface area contributed by atoms with Gasteiger partial charge in [-0.3, -0.25) is 14.4 Å². The Kier molecular flexibility index (Phi) is 8.79. The number of rotatable bonds is 8. The van der Waals surface area contributed by atoms with E-state index >= 15 is 0 Å². The molecule has 1 atom stereocenters. The van der Waals surface area contributed by atoms with Gasteiger partial charge in [0.15, 0.2) is 0 Å². The number of piperidine rings is 1. The van der Waals surface area contributed by atoms with Crippen LogP contribution in [0.4, 0.5) is 21.9 Å². The first-order valence-corrected chi connectivity index (χ1v) is 11.6. The summed E-state index contributed by atoms with van der Waals surface area (Å²) >= 11 is 0. The van der Waals surface area contributed by atoms with Crippen molar-refractivity contribution in [2.24, 2.45) is 0 Å². The number of Topliss-reactive ketones (excluding diaryl/α,β-unsaturated/α-hetero) is 1. The van der Waals surface area contributed by atoms with Gasteiger partial charge in [-0.1, -0.05) is 18.2 Å². The van der Waals surface area contributed by atoms with Gasteiger partial charge in [0.05, 0.1) is 0 Å². The lowest BCUT2D eigenvalue weighted by molar-refractivity contribution is -0.137. The number of urea groups is 1. The van der Waals surface area contributed by atoms with Gasteiger partial charge in [0.2, 0.25) is 11.8 Å². The van der Waals surface area contributed by atoms with Gasteiger partial charge in [-0.15, -0.1) is 0 Å². The number of anilines is 3. The second-order valence-corrected chi connectivity index (χ2v) is 8.66. The summed E-state index contributed by atoms with van der Waals surface area (Å²) in [5.41, 5.74) is 2.86. The molecule has 0 aliphatic carbocycles. The zero-order valence-electron chi connectivity index (χ0n) is 19.7. The van der Waals surface area contributed by atoms with E-state index in [-0.39, 0.29) is 42.5 Å². The summed E-state index contributed by atoms with van der Waals surface area (Å²) < 4.78 is 0. The minimum Gasteiger partial charge on any atom is -0.339 e. The molecule has 34 heavy (non-hydrogen) atoms. The minimum absolute atomic E-state index is 0.0511. The van der Waals surface area contributed by atoms with Crippen molar-refractivity contribution in [3.8, 4) is 0 Å². The number of benzene rings is 2. The van der Waals surface area contributed by atoms with E-state index in [4.69, 9.17) is 0 Å². The Morgan fingerprint density at radius 2 is 1.56 bits per heavy atom. The highest BCUT2D eigenvalue weighted by Gasteiger charge is 2.27. The normalized spacial score (nSPS) is 15.4. The first-order valence-electron chi connectivity index (χ1n) is 11.6. The third-order valence-electron chi connectivity index (χ3n) is 5.86. The van der Waals surface area contributed by atoms with Gasteiger partial charge in [-0.25, -0.2) is 4.79 Å². The average molecular weight is 465 g/mol. The van der Waals surface area contributed by atoms with Gasteiger partial charge in [-0.05, 0) is 69.0 Å². The number of amides is 4. The van der Waals surface area contributed by atoms with Crippen LogP contribution in [0.3, 0.4) is 0 Å². The molecule has 0 spiro atoms. The van der Waals surface area contributed by atoms with Gasteiger partial charge in [0.25, 0.3) is 0 Å². The highest BCUT2D eigenvalue weighted by atomic mass is 16.2. The predicted molar refractivity (Wildman–Crippen MR) is 133 cm³/mol. The number of nitrogens with one attached hydrogen (secondary N) is 3. The van der Waals surface area contributed by atoms with Crippen molar-refractivity contribution >= 4 is 40.7 Å². The highest BCUT2D eigenvalue weighted by Crippen LogP contribution is 2.22. The van der Waals surface area contributed by atoms with Gasteiger partial charge in [-0.2, -0.15) is 0 Å². The average Bonchev–Trinajstić information content (AvgIpc) is 2.80. The van der Waals surface area contributed by atoms with Gasteiger partial charge in [0.1, 0.15) is 5.78 Å². The summed E-state index contributed by atoms with van der Waals surface area (Å²) in [5, 5.41) is 8.33. The summed E-state index contributed by atoms with van der Waals surface area (Å²) in [6.07, 6.45) is 3.33. The predicted octanol–water partition coefficient (Wildman–Crippen LogP) is 4.72. The van der Waals surface area contributed by atoms with Crippen LogP contribution in [0.15, 0.2) is 48.5 Å². The van der Waals surface area contributed by atoms with E-state index in [1.807, 2.05) is 31.2 Å². The molecule has 3 N–H and O–H groups in total. The first-order chi connectivity index (χ1) is 16.3. The SMILES string of the molecule is CC(=O)CC1CCCCN1C(=O)CCC(=O)Nc1ccc(NC(=O)Nc2ccccc2C)cc1. The quantitative estimate of drug-likeness (QED) is 0.525. The summed E-state index contributed by atoms with van der Waals surface area (Å²) in [6.45, 7) is 4.10. The smallest absolute Gasteiger partial charge is 0.323 e. The van der Waals surface area contributed by atoms with Crippen molar-refractivity contribution in [2.75, 3.05) is 22.5 Å². The molecule has 2 aromatic carbocycles. The maximum Gasteiger partial charge on any atom is 0.323 e. The summed E-state index contributed by atoms with van der Waals surface area (Å²) in [6, 6.07) is 13.9. The molecule has 1 aliphatic rings. The van der Waals surface area contributed by atoms with Crippen molar-refractivity contribution < 1.29 is 19.2 Å². The van der Waals surface area contributed by atoms with Gasteiger partial charge in [0, 0.05) is 48.9 Å². The molecule has 2 aromatic rings. The molecule has 180 valence electrons. The molecule has 0 bridgehead atoms. The zero-order chi connectivity index (χ0) is 24.5. The number of likely N-dealkylation sites (tertiary alicyclic amines) is 1. The molecule has 1 saturated heterocycles. The van der Waals surface area contributed by atoms with Crippen LogP contribution in [-0.2, 0) is 14.4 Å². The summed E-state index contributed by atoms with van der Waals surface area (Å²) in [4.78, 5) is 50.5. The molecule has 4 amide bonds. The Morgan fingerprint density at radius 1 is 0.882 bits per heavy atom. The minimum atomic E-state index is -0.356. The molecule has 1 heterocycles. The monoisotopic (exact) mass is 464 g/mol. The van der Waals surface area contributed by atoms with Crippen LogP contribution in [0.1, 0.15) is 51.0 Å². The van der Waals surface area contributed by atoms with Crippen molar-refractivity contribution in [1.29, 1.82) is 0 Å². The molecule has 1 fully saturated rings. The number of aryl methyl sites for hydroxylation is 1. The summed E-state index contributed by atoms with van der Waals surface area (Å²) in [7, 11) is 0. The Bertz CT molecular complexity index is 1040. The van der Waals surface area contributed by atoms with Gasteiger partial charge < -0.3 is 20.9 Å². The fourth-order valence-corrected chi connectivity index (χ4v) is 4.10. The van der Waals surface area contributed by atoms with Crippen molar-refractivity contribution in [1.82, 2.24) is 4.90 Å². The maximum atomic E-state index is 12.6. The van der Waals surface area contributed by atoms with Crippen LogP contribution < -0.4 is 16.0 Å². The lowest BCUT2D eigenvalue weighted by Crippen LogP contribution is -2.44. The van der Waals surface area contributed by atoms with Crippen molar-refractivity contribution in [3.05, 3.63) is 54.1 Å². The lowest BCUT2D eigenvalue weighted by Gasteiger charge is -2.35. The number of carbonyl (C=O) groups is 4. The van der Waals surface area contributed by atoms with E-state index in [1.165, 1.54) is 0 Å². The zero-order valence-corrected chi connectivity index (χ0v) is 19.7. The highest BCUT2D eigenvalue weighted by molar-refractivity contribution is 6.00. The molecule has 3 rings (SSSR count). The second-order valence-electron chi connectivity index (χ2n) is 8.66. The molecular formula is C26H32N4O4. The number of nitrogens with zero attached hydrogens (tertiary/aromatic N) is 1. The van der Waals surface area contributed by atoms with Crippen LogP contribution in [0, 0.1) is 6.92 Å². The number of ketones is 1. The van der Waals surface area contributed by atoms with E-state index in [0.29, 0.717) is 24.3 Å². The van der Waals surface area contributed by atoms with Crippen LogP contribution in [0.2, 0.25) is 0 Å². The number of carbonyl (C=O) groups excluding carboxylic acids is 4. The van der Waals surface area contributed by atoms with Gasteiger partial charge >= 0.3 is 6.03 Å². The van der Waals surface area contributed by atoms with Crippen LogP contribution in [0.5, 0.6) is 0 Å². The van der Waals surface area contributed by atoms with Crippen LogP contribution >= 0.6 is 0 Å². The van der Waals surface area contributed by atoms with E-state index < -0.39 is 0 Å². The maximum absolute atomic E-state index is 12.6. The van der Waals surface area contributed by atoms with E-state index in [0.717, 1.165) is 30.5 Å². The van der Waals surface area contributed by atoms with Crippen molar-refractivity contribution in [3.63, 3.8) is 0 Å². The van der Waals surface area contributed by atoms with E-state index in [1.54, 1.807) is 36.1 Å². The number of hydrogen-bond acceptors (Lipinski definition) is 4. The Balaban J connectivity index is 1.45. The molecule has 8 heteroatoms. The largest absolute Gasteiger partial charge is 0.339 e. The molecule has 1 unspecified atom stereocenters. The van der Waals surface area contributed by atoms with E-state index in [2.05, 4.69) is 16.0 Å². The molecule has 0 saturated carbocycles. The Morgan fingerprint density at radius 3 is 2.24 bits per heavy atom. The van der Waals surface area contributed by atoms with E-state index in [9.17, 15) is 19.2 Å². The lowest BCUT2D eigenvalue weighted by atomic mass is 9.97. The van der Waals surface area contributed by atoms with Crippen LogP contribution in [-0.4, -0.2) is 41.1 Å². The molecule has 0 aromatic heterocycles. The van der Waals surface area contributed by atoms with Crippen molar-refractivity contribution in [2.45, 2.75) is 58.4 Å². The fraction of sp³-hybridized carbons (Fsp3) is 0.385. The molecule has 0 radical (unpaired) electrons. The topological polar surface area (TPSA) is 108 Å². The number of hydrogen-bond donors (Lipinski definition) is 3. The Hall–Kier alpha value is -3.68. The Labute approximate surface area is 200 Å². The first kappa shape index (κ1) is 25.0. The molecular weight excluding hydrogens is 432 g/mol. The number of para-hydroxylation sites is 1. The third-order valence-corrected chi connectivity index (χ3v) is 5.86. The standard InChI is InChI=1S/C26H32N4O4/c1-18-7-3-4-9-23(18)29-26(34)28-21-12-10-20(11-13-21)27-24(32)14-15-25(33)30-16-6-5-8-22(30)17-19(2)31/h3-4,7,9-13,22H,5-6,8,14-17H2,1-2H3,(H,27,32)(H2,28,29,34). The summed E-state index contributed by atoms with van der Waals surface area (Å²) in [5.74, 6) is -0.264. The third kappa shape index (κ3) is 7.43. The molecule has 8 nitrogen and oxygen atoms in total.